The number of anilines is 1. The third-order valence-electron chi connectivity index (χ3n) is 9.44. The summed E-state index contributed by atoms with van der Waals surface area (Å²) in [7, 11) is 0. The van der Waals surface area contributed by atoms with Crippen LogP contribution in [0.25, 0.3) is 58.1 Å². The SMILES string of the molecule is CCO.Cc1ccc2nc(-c3ccc(/C=C/c4ccc(N)cc4OCCF)cc3)cn2c1.Cc1ccc2nc(-c3ccc(/C=C/c4ccc([N+](=O)[O-])cc4OCCF)cc3)cn2c1. The van der Waals surface area contributed by atoms with Crippen LogP contribution in [0.3, 0.4) is 0 Å². The number of ether oxygens (including phenoxy) is 2. The minimum atomic E-state index is -0.671. The van der Waals surface area contributed by atoms with Crippen molar-refractivity contribution in [3.63, 3.8) is 0 Å². The van der Waals surface area contributed by atoms with Crippen LogP contribution in [-0.2, 0) is 0 Å². The number of nitrogen functional groups attached to an aromatic ring is 1. The van der Waals surface area contributed by atoms with Crippen LogP contribution in [0.1, 0.15) is 40.3 Å². The van der Waals surface area contributed by atoms with E-state index in [1.807, 2.05) is 113 Å². The molecule has 63 heavy (non-hydrogen) atoms. The van der Waals surface area contributed by atoms with Gasteiger partial charge in [0.15, 0.2) is 0 Å². The summed E-state index contributed by atoms with van der Waals surface area (Å²) in [6.07, 6.45) is 15.7. The molecule has 4 aromatic carbocycles. The van der Waals surface area contributed by atoms with Crippen LogP contribution in [0.5, 0.6) is 11.5 Å². The Labute approximate surface area is 364 Å². The van der Waals surface area contributed by atoms with Gasteiger partial charge in [0.1, 0.15) is 49.4 Å². The van der Waals surface area contributed by atoms with Gasteiger partial charge in [0.25, 0.3) is 5.69 Å². The van der Waals surface area contributed by atoms with E-state index in [0.717, 1.165) is 56.1 Å². The Morgan fingerprint density at radius 1 is 0.651 bits per heavy atom. The van der Waals surface area contributed by atoms with Crippen molar-refractivity contribution < 1.29 is 28.3 Å². The Kier molecular flexibility index (Phi) is 15.5. The molecule has 0 aliphatic rings. The van der Waals surface area contributed by atoms with Crippen molar-refractivity contribution in [1.29, 1.82) is 0 Å². The molecule has 0 saturated heterocycles. The molecule has 4 heterocycles. The van der Waals surface area contributed by atoms with Gasteiger partial charge in [-0.1, -0.05) is 85.0 Å². The number of hydrogen-bond acceptors (Lipinski definition) is 8. The van der Waals surface area contributed by atoms with Crippen molar-refractivity contribution in [3.8, 4) is 34.0 Å². The van der Waals surface area contributed by atoms with Crippen molar-refractivity contribution in [1.82, 2.24) is 18.8 Å². The molecule has 0 fully saturated rings. The summed E-state index contributed by atoms with van der Waals surface area (Å²) in [5.74, 6) is 0.857. The van der Waals surface area contributed by atoms with E-state index in [1.165, 1.54) is 17.7 Å². The number of pyridine rings is 2. The number of non-ortho nitro benzene ring substituents is 1. The van der Waals surface area contributed by atoms with Crippen molar-refractivity contribution in [2.75, 3.05) is 38.9 Å². The van der Waals surface area contributed by atoms with Crippen molar-refractivity contribution in [3.05, 3.63) is 177 Å². The summed E-state index contributed by atoms with van der Waals surface area (Å²) in [6.45, 7) is 4.68. The number of nitrogens with two attached hydrogens (primary N) is 1. The average molecular weight is 851 g/mol. The first kappa shape index (κ1) is 44.9. The van der Waals surface area contributed by atoms with E-state index < -0.39 is 18.3 Å². The van der Waals surface area contributed by atoms with Crippen LogP contribution < -0.4 is 15.2 Å². The third kappa shape index (κ3) is 12.2. The van der Waals surface area contributed by atoms with Crippen LogP contribution in [0.4, 0.5) is 20.2 Å². The van der Waals surface area contributed by atoms with E-state index in [4.69, 9.17) is 20.3 Å². The van der Waals surface area contributed by atoms with Gasteiger partial charge < -0.3 is 29.1 Å². The Balaban J connectivity index is 0.000000198. The molecule has 8 aromatic rings. The zero-order chi connectivity index (χ0) is 44.7. The maximum Gasteiger partial charge on any atom is 0.273 e. The summed E-state index contributed by atoms with van der Waals surface area (Å²) in [4.78, 5) is 19.8. The fourth-order valence-electron chi connectivity index (χ4n) is 6.40. The van der Waals surface area contributed by atoms with E-state index in [9.17, 15) is 18.9 Å². The highest BCUT2D eigenvalue weighted by molar-refractivity contribution is 5.76. The average Bonchev–Trinajstić information content (AvgIpc) is 3.91. The lowest BCUT2D eigenvalue weighted by atomic mass is 10.1. The first-order valence-electron chi connectivity index (χ1n) is 20.2. The number of hydrogen-bond donors (Lipinski definition) is 2. The molecular formula is C50H48F2N6O5. The lowest BCUT2D eigenvalue weighted by Gasteiger charge is -2.08. The quantitative estimate of drug-likeness (QED) is 0.0505. The second kappa shape index (κ2) is 21.7. The molecule has 3 N–H and O–H groups in total. The van der Waals surface area contributed by atoms with Crippen molar-refractivity contribution in [2.45, 2.75) is 20.8 Å². The maximum absolute atomic E-state index is 12.5. The van der Waals surface area contributed by atoms with E-state index in [0.29, 0.717) is 17.0 Å². The van der Waals surface area contributed by atoms with E-state index in [1.54, 1.807) is 31.2 Å². The summed E-state index contributed by atoms with van der Waals surface area (Å²) in [6, 6.07) is 33.9. The van der Waals surface area contributed by atoms with Crippen LogP contribution in [0, 0.1) is 24.0 Å². The number of imidazole rings is 2. The molecule has 0 spiro atoms. The number of nitro groups is 1. The fourth-order valence-corrected chi connectivity index (χ4v) is 6.40. The van der Waals surface area contributed by atoms with Gasteiger partial charge in [-0.15, -0.1) is 0 Å². The molecule has 0 aliphatic heterocycles. The van der Waals surface area contributed by atoms with Gasteiger partial charge in [0.2, 0.25) is 0 Å². The highest BCUT2D eigenvalue weighted by Gasteiger charge is 2.11. The first-order chi connectivity index (χ1) is 30.6. The predicted octanol–water partition coefficient (Wildman–Crippen LogP) is 11.1. The molecule has 13 heteroatoms. The van der Waals surface area contributed by atoms with Gasteiger partial charge in [0.05, 0.1) is 22.4 Å². The number of nitrogens with zero attached hydrogens (tertiary/aromatic N) is 5. The molecule has 0 radical (unpaired) electrons. The molecule has 11 nitrogen and oxygen atoms in total. The maximum atomic E-state index is 12.5. The number of aliphatic hydroxyl groups is 1. The molecule has 0 atom stereocenters. The Morgan fingerprint density at radius 2 is 1.10 bits per heavy atom. The highest BCUT2D eigenvalue weighted by atomic mass is 19.1. The van der Waals surface area contributed by atoms with Crippen LogP contribution in [0.15, 0.2) is 134 Å². The third-order valence-corrected chi connectivity index (χ3v) is 9.44. The largest absolute Gasteiger partial charge is 0.490 e. The predicted molar refractivity (Wildman–Crippen MR) is 248 cm³/mol. The van der Waals surface area contributed by atoms with E-state index in [-0.39, 0.29) is 31.3 Å². The fraction of sp³-hybridized carbons (Fsp3) is 0.160. The summed E-state index contributed by atoms with van der Waals surface area (Å²) in [5.41, 5.74) is 17.8. The number of nitro benzene ring substituents is 1. The topological polar surface area (TPSA) is 142 Å². The number of aromatic nitrogens is 4. The minimum absolute atomic E-state index is 0.0114. The molecule has 0 bridgehead atoms. The Hall–Kier alpha value is -7.64. The van der Waals surface area contributed by atoms with Gasteiger partial charge >= 0.3 is 0 Å². The molecule has 0 aliphatic carbocycles. The summed E-state index contributed by atoms with van der Waals surface area (Å²) < 4.78 is 39.8. The summed E-state index contributed by atoms with van der Waals surface area (Å²) >= 11 is 0. The number of aliphatic hydroxyl groups excluding tert-OH is 1. The number of alkyl halides is 2. The number of benzene rings is 4. The van der Waals surface area contributed by atoms with Crippen LogP contribution in [-0.4, -0.2) is 62.0 Å². The lowest BCUT2D eigenvalue weighted by molar-refractivity contribution is -0.384. The standard InChI is InChI=1S/C24H20FN3O3.C24H22FN3O.C2H6O/c1-17-2-11-24-26-22(16-27(24)15-17)19-6-3-18(4-7-19)5-8-20-9-10-21(28(29)30)14-23(20)31-13-12-25;1-17-2-11-24-27-22(16-28(24)15-17)19-6-3-18(4-7-19)5-8-20-9-10-21(26)14-23(20)29-13-12-25;1-2-3/h2-11,14-16H,12-13H2,1H3;2-11,14-16H,12-13,26H2,1H3;3H,2H2,1H3/b2*8-5+;. The van der Waals surface area contributed by atoms with Gasteiger partial charge in [0, 0.05) is 71.5 Å². The summed E-state index contributed by atoms with van der Waals surface area (Å²) in [5, 5.41) is 18.6. The lowest BCUT2D eigenvalue weighted by Crippen LogP contribution is -2.01. The molecule has 0 amide bonds. The molecule has 0 unspecified atom stereocenters. The second-order valence-corrected chi connectivity index (χ2v) is 14.3. The Bertz CT molecular complexity index is 2830. The molecule has 0 saturated carbocycles. The van der Waals surface area contributed by atoms with E-state index in [2.05, 4.69) is 41.3 Å². The van der Waals surface area contributed by atoms with Gasteiger partial charge in [-0.3, -0.25) is 10.1 Å². The molecule has 8 rings (SSSR count). The smallest absolute Gasteiger partial charge is 0.273 e. The number of halogens is 2. The zero-order valence-corrected chi connectivity index (χ0v) is 35.2. The first-order valence-corrected chi connectivity index (χ1v) is 20.2. The van der Waals surface area contributed by atoms with Gasteiger partial charge in [-0.05, 0) is 73.4 Å². The number of aryl methyl sites for hydroxylation is 2. The van der Waals surface area contributed by atoms with Gasteiger partial charge in [-0.2, -0.15) is 0 Å². The molecule has 4 aromatic heterocycles. The molecule has 322 valence electrons. The highest BCUT2D eigenvalue weighted by Crippen LogP contribution is 2.28. The normalized spacial score (nSPS) is 11.1. The second-order valence-electron chi connectivity index (χ2n) is 14.3. The van der Waals surface area contributed by atoms with Gasteiger partial charge in [-0.25, -0.2) is 18.7 Å². The van der Waals surface area contributed by atoms with Crippen molar-refractivity contribution >= 4 is 47.0 Å². The van der Waals surface area contributed by atoms with Crippen molar-refractivity contribution in [2.24, 2.45) is 0 Å². The monoisotopic (exact) mass is 850 g/mol. The number of fused-ring (bicyclic) bond motifs is 2. The molecular weight excluding hydrogens is 803 g/mol. The Morgan fingerprint density at radius 3 is 1.54 bits per heavy atom. The minimum Gasteiger partial charge on any atom is -0.490 e. The van der Waals surface area contributed by atoms with Crippen LogP contribution in [0.2, 0.25) is 0 Å². The van der Waals surface area contributed by atoms with E-state index >= 15 is 0 Å². The number of rotatable bonds is 13. The van der Waals surface area contributed by atoms with Crippen LogP contribution >= 0.6 is 0 Å². The zero-order valence-electron chi connectivity index (χ0n) is 35.2.